The van der Waals surface area contributed by atoms with E-state index in [0.29, 0.717) is 22.3 Å². The highest BCUT2D eigenvalue weighted by molar-refractivity contribution is 6.42. The third-order valence-corrected chi connectivity index (χ3v) is 4.06. The molecule has 0 spiro atoms. The largest absolute Gasteiger partial charge is 0.481 e. The van der Waals surface area contributed by atoms with Gasteiger partial charge in [0.25, 0.3) is 5.91 Å². The fraction of sp³-hybridized carbons (Fsp3) is 0.500. The maximum Gasteiger partial charge on any atom is 0.263 e. The van der Waals surface area contributed by atoms with E-state index in [9.17, 15) is 4.79 Å². The smallest absolute Gasteiger partial charge is 0.263 e. The van der Waals surface area contributed by atoms with Gasteiger partial charge in [0, 0.05) is 25.2 Å². The number of carbonyl (C=O) groups is 1. The van der Waals surface area contributed by atoms with Crippen LogP contribution in [0.15, 0.2) is 18.2 Å². The van der Waals surface area contributed by atoms with Crippen molar-refractivity contribution in [1.29, 1.82) is 0 Å². The first-order chi connectivity index (χ1) is 9.47. The predicted octanol–water partition coefficient (Wildman–Crippen LogP) is 3.13. The van der Waals surface area contributed by atoms with Gasteiger partial charge in [-0.1, -0.05) is 23.2 Å². The second kappa shape index (κ2) is 8.08. The topological polar surface area (TPSA) is 55.6 Å². The summed E-state index contributed by atoms with van der Waals surface area (Å²) in [5, 5.41) is 0.865. The molecule has 21 heavy (non-hydrogen) atoms. The van der Waals surface area contributed by atoms with Crippen molar-refractivity contribution < 1.29 is 9.53 Å². The maximum absolute atomic E-state index is 12.3. The molecule has 118 valence electrons. The van der Waals surface area contributed by atoms with E-state index in [1.807, 2.05) is 0 Å². The van der Waals surface area contributed by atoms with Gasteiger partial charge < -0.3 is 15.4 Å². The number of halogens is 3. The maximum atomic E-state index is 12.3. The summed E-state index contributed by atoms with van der Waals surface area (Å²) in [6, 6.07) is 5.01. The average molecular weight is 354 g/mol. The number of likely N-dealkylation sites (tertiary alicyclic amines) is 1. The first-order valence-corrected chi connectivity index (χ1v) is 7.39. The molecule has 0 saturated carbocycles. The van der Waals surface area contributed by atoms with Gasteiger partial charge in [-0.15, -0.1) is 12.4 Å². The number of benzene rings is 1. The van der Waals surface area contributed by atoms with Crippen LogP contribution in [0.3, 0.4) is 0 Å². The van der Waals surface area contributed by atoms with E-state index in [1.54, 1.807) is 30.0 Å². The number of rotatable bonds is 3. The van der Waals surface area contributed by atoms with Crippen LogP contribution in [0.2, 0.25) is 10.0 Å². The number of carbonyl (C=O) groups excluding carboxylic acids is 1. The molecular weight excluding hydrogens is 335 g/mol. The number of ether oxygens (including phenoxy) is 1. The highest BCUT2D eigenvalue weighted by atomic mass is 35.5. The second-order valence-corrected chi connectivity index (χ2v) is 5.84. The van der Waals surface area contributed by atoms with E-state index < -0.39 is 6.10 Å². The SMILES string of the molecule is CC(Oc1ccc(Cl)c(Cl)c1)C(=O)N1CCCC(N)C1.Cl. The van der Waals surface area contributed by atoms with Gasteiger partial charge in [0.05, 0.1) is 10.0 Å². The first kappa shape index (κ1) is 18.4. The lowest BCUT2D eigenvalue weighted by Crippen LogP contribution is -2.49. The van der Waals surface area contributed by atoms with E-state index in [2.05, 4.69) is 0 Å². The summed E-state index contributed by atoms with van der Waals surface area (Å²) < 4.78 is 5.63. The van der Waals surface area contributed by atoms with Crippen molar-refractivity contribution in [3.63, 3.8) is 0 Å². The van der Waals surface area contributed by atoms with Crippen molar-refractivity contribution in [1.82, 2.24) is 4.90 Å². The van der Waals surface area contributed by atoms with Crippen LogP contribution in [0.25, 0.3) is 0 Å². The number of nitrogens with zero attached hydrogens (tertiary/aromatic N) is 1. The molecular formula is C14H19Cl3N2O2. The molecule has 2 atom stereocenters. The van der Waals surface area contributed by atoms with Gasteiger partial charge >= 0.3 is 0 Å². The number of hydrogen-bond acceptors (Lipinski definition) is 3. The zero-order valence-corrected chi connectivity index (χ0v) is 14.0. The Bertz CT molecular complexity index is 499. The van der Waals surface area contributed by atoms with E-state index in [-0.39, 0.29) is 24.4 Å². The van der Waals surface area contributed by atoms with E-state index >= 15 is 0 Å². The minimum atomic E-state index is -0.572. The zero-order valence-electron chi connectivity index (χ0n) is 11.7. The zero-order chi connectivity index (χ0) is 14.7. The standard InChI is InChI=1S/C14H18Cl2N2O2.ClH/c1-9(14(19)18-6-2-3-10(17)8-18)20-11-4-5-12(15)13(16)7-11;/h4-5,7,9-10H,2-3,6,8,17H2,1H3;1H. The molecule has 1 heterocycles. The Morgan fingerprint density at radius 2 is 2.14 bits per heavy atom. The second-order valence-electron chi connectivity index (χ2n) is 5.02. The van der Waals surface area contributed by atoms with Gasteiger partial charge in [-0.25, -0.2) is 0 Å². The summed E-state index contributed by atoms with van der Waals surface area (Å²) in [5.41, 5.74) is 5.89. The molecule has 1 aromatic rings. The minimum Gasteiger partial charge on any atom is -0.481 e. The molecule has 7 heteroatoms. The summed E-state index contributed by atoms with van der Waals surface area (Å²) in [5.74, 6) is 0.479. The third kappa shape index (κ3) is 4.92. The predicted molar refractivity (Wildman–Crippen MR) is 87.6 cm³/mol. The van der Waals surface area contributed by atoms with Crippen molar-refractivity contribution in [2.24, 2.45) is 5.73 Å². The number of hydrogen-bond donors (Lipinski definition) is 1. The molecule has 2 unspecified atom stereocenters. The lowest BCUT2D eigenvalue weighted by Gasteiger charge is -2.32. The normalized spacial score (nSPS) is 19.6. The van der Waals surface area contributed by atoms with Crippen molar-refractivity contribution in [2.45, 2.75) is 31.9 Å². The van der Waals surface area contributed by atoms with Crippen LogP contribution in [0, 0.1) is 0 Å². The minimum absolute atomic E-state index is 0. The van der Waals surface area contributed by atoms with Gasteiger partial charge in [-0.2, -0.15) is 0 Å². The Morgan fingerprint density at radius 3 is 2.76 bits per heavy atom. The third-order valence-electron chi connectivity index (χ3n) is 3.32. The first-order valence-electron chi connectivity index (χ1n) is 6.63. The molecule has 1 amide bonds. The van der Waals surface area contributed by atoms with Crippen LogP contribution in [-0.4, -0.2) is 36.0 Å². The fourth-order valence-electron chi connectivity index (χ4n) is 2.27. The monoisotopic (exact) mass is 352 g/mol. The number of nitrogens with two attached hydrogens (primary N) is 1. The van der Waals surface area contributed by atoms with E-state index in [1.165, 1.54) is 0 Å². The fourth-order valence-corrected chi connectivity index (χ4v) is 2.56. The lowest BCUT2D eigenvalue weighted by atomic mass is 10.1. The Labute approximate surface area is 140 Å². The quantitative estimate of drug-likeness (QED) is 0.908. The molecule has 2 rings (SSSR count). The Hall–Kier alpha value is -0.680. The molecule has 1 aliphatic rings. The van der Waals surface area contributed by atoms with E-state index in [4.69, 9.17) is 33.7 Å². The molecule has 0 bridgehead atoms. The van der Waals surface area contributed by atoms with Crippen molar-refractivity contribution in [2.75, 3.05) is 13.1 Å². The molecule has 4 nitrogen and oxygen atoms in total. The summed E-state index contributed by atoms with van der Waals surface area (Å²) in [4.78, 5) is 14.0. The van der Waals surface area contributed by atoms with Crippen LogP contribution < -0.4 is 10.5 Å². The molecule has 0 aliphatic carbocycles. The van der Waals surface area contributed by atoms with Crippen molar-refractivity contribution in [3.05, 3.63) is 28.2 Å². The molecule has 1 saturated heterocycles. The van der Waals surface area contributed by atoms with Gasteiger partial charge in [0.15, 0.2) is 6.10 Å². The molecule has 1 fully saturated rings. The highest BCUT2D eigenvalue weighted by Gasteiger charge is 2.26. The van der Waals surface area contributed by atoms with Crippen molar-refractivity contribution in [3.8, 4) is 5.75 Å². The lowest BCUT2D eigenvalue weighted by molar-refractivity contribution is -0.139. The molecule has 0 radical (unpaired) electrons. The summed E-state index contributed by atoms with van der Waals surface area (Å²) in [6.45, 7) is 3.06. The molecule has 1 aromatic carbocycles. The summed E-state index contributed by atoms with van der Waals surface area (Å²) >= 11 is 11.8. The van der Waals surface area contributed by atoms with Gasteiger partial charge in [0.2, 0.25) is 0 Å². The highest BCUT2D eigenvalue weighted by Crippen LogP contribution is 2.27. The summed E-state index contributed by atoms with van der Waals surface area (Å²) in [7, 11) is 0. The molecule has 1 aliphatic heterocycles. The van der Waals surface area contributed by atoms with Gasteiger partial charge in [-0.3, -0.25) is 4.79 Å². The van der Waals surface area contributed by atoms with Crippen LogP contribution in [-0.2, 0) is 4.79 Å². The molecule has 2 N–H and O–H groups in total. The van der Waals surface area contributed by atoms with Gasteiger partial charge in [-0.05, 0) is 31.9 Å². The number of amides is 1. The Balaban J connectivity index is 0.00000220. The molecule has 0 aromatic heterocycles. The Kier molecular flexibility index (Phi) is 7.07. The summed E-state index contributed by atoms with van der Waals surface area (Å²) in [6.07, 6.45) is 1.33. The van der Waals surface area contributed by atoms with Crippen LogP contribution in [0.4, 0.5) is 0 Å². The van der Waals surface area contributed by atoms with Crippen LogP contribution >= 0.6 is 35.6 Å². The number of piperidine rings is 1. The van der Waals surface area contributed by atoms with Crippen LogP contribution in [0.5, 0.6) is 5.75 Å². The average Bonchev–Trinajstić information content (AvgIpc) is 2.42. The van der Waals surface area contributed by atoms with Crippen molar-refractivity contribution >= 4 is 41.5 Å². The van der Waals surface area contributed by atoms with E-state index in [0.717, 1.165) is 19.4 Å². The Morgan fingerprint density at radius 1 is 1.43 bits per heavy atom. The van der Waals surface area contributed by atoms with Gasteiger partial charge in [0.1, 0.15) is 5.75 Å². The van der Waals surface area contributed by atoms with Crippen LogP contribution in [0.1, 0.15) is 19.8 Å².